The second-order valence-corrected chi connectivity index (χ2v) is 4.32. The minimum absolute atomic E-state index is 0.270. The van der Waals surface area contributed by atoms with Gasteiger partial charge in [-0.25, -0.2) is 0 Å². The molecule has 0 amide bonds. The van der Waals surface area contributed by atoms with E-state index < -0.39 is 11.4 Å². The first-order valence-corrected chi connectivity index (χ1v) is 5.12. The van der Waals surface area contributed by atoms with Gasteiger partial charge in [0.1, 0.15) is 11.2 Å². The van der Waals surface area contributed by atoms with Gasteiger partial charge >= 0.3 is 5.97 Å². The maximum Gasteiger partial charge on any atom is 0.316 e. The Balaban J connectivity index is 2.06. The Morgan fingerprint density at radius 1 is 1.56 bits per heavy atom. The molecule has 1 aromatic heterocycles. The summed E-state index contributed by atoms with van der Waals surface area (Å²) in [6.45, 7) is 2.80. The molecule has 1 aliphatic heterocycles. The van der Waals surface area contributed by atoms with Crippen LogP contribution in [0.4, 0.5) is 5.88 Å². The van der Waals surface area contributed by atoms with Crippen molar-refractivity contribution in [2.75, 3.05) is 31.7 Å². The Bertz CT molecular complexity index is 394. The molecule has 0 spiro atoms. The van der Waals surface area contributed by atoms with Gasteiger partial charge in [0.2, 0.25) is 0 Å². The molecule has 5 nitrogen and oxygen atoms in total. The fourth-order valence-corrected chi connectivity index (χ4v) is 1.79. The summed E-state index contributed by atoms with van der Waals surface area (Å²) in [6.07, 6.45) is 0. The summed E-state index contributed by atoms with van der Waals surface area (Å²) in [5.41, 5.74) is -0.782. The Hall–Kier alpha value is -1.49. The molecule has 88 valence electrons. The van der Waals surface area contributed by atoms with Gasteiger partial charge in [-0.15, -0.1) is 0 Å². The lowest BCUT2D eigenvalue weighted by Crippen LogP contribution is -2.55. The average molecular weight is 225 g/mol. The molecule has 0 aromatic carbocycles. The first kappa shape index (κ1) is 11.0. The molecule has 16 heavy (non-hydrogen) atoms. The largest absolute Gasteiger partial charge is 0.481 e. The first-order valence-electron chi connectivity index (χ1n) is 5.12. The molecule has 0 saturated carbocycles. The summed E-state index contributed by atoms with van der Waals surface area (Å²) in [7, 11) is 1.82. The molecule has 1 aromatic rings. The standard InChI is InChI=1S/C11H15NO4/c1-8-3-4-9(16-8)12(2)5-11(10(13)14)6-15-7-11/h3-4H,5-7H2,1-2H3,(H,13,14). The maximum absolute atomic E-state index is 11.1. The van der Waals surface area contributed by atoms with Gasteiger partial charge < -0.3 is 19.2 Å². The van der Waals surface area contributed by atoms with Crippen LogP contribution in [0.15, 0.2) is 16.5 Å². The van der Waals surface area contributed by atoms with Gasteiger partial charge in [0, 0.05) is 19.7 Å². The number of hydrogen-bond acceptors (Lipinski definition) is 4. The second-order valence-electron chi connectivity index (χ2n) is 4.32. The molecule has 1 aliphatic rings. The summed E-state index contributed by atoms with van der Waals surface area (Å²) in [6, 6.07) is 3.70. The van der Waals surface area contributed by atoms with Crippen molar-refractivity contribution in [2.45, 2.75) is 6.92 Å². The van der Waals surface area contributed by atoms with E-state index in [9.17, 15) is 4.79 Å². The van der Waals surface area contributed by atoms with Crippen molar-refractivity contribution in [3.63, 3.8) is 0 Å². The number of rotatable bonds is 4. The van der Waals surface area contributed by atoms with Crippen molar-refractivity contribution >= 4 is 11.9 Å². The average Bonchev–Trinajstić information content (AvgIpc) is 2.57. The molecule has 2 rings (SSSR count). The molecule has 1 fully saturated rings. The van der Waals surface area contributed by atoms with E-state index in [1.165, 1.54) is 0 Å². The zero-order chi connectivity index (χ0) is 11.8. The zero-order valence-corrected chi connectivity index (χ0v) is 9.40. The summed E-state index contributed by atoms with van der Waals surface area (Å²) >= 11 is 0. The van der Waals surface area contributed by atoms with Crippen molar-refractivity contribution in [1.29, 1.82) is 0 Å². The molecular formula is C11H15NO4. The van der Waals surface area contributed by atoms with E-state index in [4.69, 9.17) is 14.3 Å². The van der Waals surface area contributed by atoms with Crippen LogP contribution in [-0.4, -0.2) is 37.9 Å². The fraction of sp³-hybridized carbons (Fsp3) is 0.545. The smallest absolute Gasteiger partial charge is 0.316 e. The lowest BCUT2D eigenvalue weighted by Gasteiger charge is -2.39. The molecule has 0 bridgehead atoms. The Kier molecular flexibility index (Phi) is 2.63. The molecule has 5 heteroatoms. The topological polar surface area (TPSA) is 62.9 Å². The summed E-state index contributed by atoms with van der Waals surface area (Å²) < 4.78 is 10.4. The van der Waals surface area contributed by atoms with Gasteiger partial charge in [-0.2, -0.15) is 0 Å². The third-order valence-electron chi connectivity index (χ3n) is 2.85. The first-order chi connectivity index (χ1) is 7.53. The predicted molar refractivity (Wildman–Crippen MR) is 57.6 cm³/mol. The van der Waals surface area contributed by atoms with Crippen LogP contribution in [-0.2, 0) is 9.53 Å². The summed E-state index contributed by atoms with van der Waals surface area (Å²) in [5, 5.41) is 9.15. The molecular weight excluding hydrogens is 210 g/mol. The Morgan fingerprint density at radius 2 is 2.25 bits per heavy atom. The van der Waals surface area contributed by atoms with Crippen LogP contribution < -0.4 is 4.90 Å². The van der Waals surface area contributed by atoms with Gasteiger partial charge in [-0.1, -0.05) is 0 Å². The molecule has 1 saturated heterocycles. The quantitative estimate of drug-likeness (QED) is 0.832. The van der Waals surface area contributed by atoms with Crippen LogP contribution in [0.25, 0.3) is 0 Å². The van der Waals surface area contributed by atoms with Crippen LogP contribution in [0.5, 0.6) is 0 Å². The van der Waals surface area contributed by atoms with E-state index in [0.29, 0.717) is 12.4 Å². The Morgan fingerprint density at radius 3 is 2.62 bits per heavy atom. The number of aliphatic carboxylic acids is 1. The van der Waals surface area contributed by atoms with E-state index in [2.05, 4.69) is 0 Å². The third-order valence-corrected chi connectivity index (χ3v) is 2.85. The monoisotopic (exact) mass is 225 g/mol. The number of carboxylic acid groups (broad SMARTS) is 1. The van der Waals surface area contributed by atoms with E-state index in [1.54, 1.807) is 0 Å². The second kappa shape index (κ2) is 3.83. The van der Waals surface area contributed by atoms with Crippen LogP contribution in [0.1, 0.15) is 5.76 Å². The van der Waals surface area contributed by atoms with Crippen molar-refractivity contribution in [3.05, 3.63) is 17.9 Å². The number of anilines is 1. The fourth-order valence-electron chi connectivity index (χ4n) is 1.79. The number of hydrogen-bond donors (Lipinski definition) is 1. The molecule has 0 radical (unpaired) electrons. The van der Waals surface area contributed by atoms with E-state index in [-0.39, 0.29) is 13.2 Å². The van der Waals surface area contributed by atoms with Crippen LogP contribution >= 0.6 is 0 Å². The van der Waals surface area contributed by atoms with Gasteiger partial charge in [-0.3, -0.25) is 4.79 Å². The minimum Gasteiger partial charge on any atom is -0.481 e. The van der Waals surface area contributed by atoms with E-state index >= 15 is 0 Å². The molecule has 0 atom stereocenters. The number of furan rings is 1. The highest BCUT2D eigenvalue weighted by Crippen LogP contribution is 2.30. The summed E-state index contributed by atoms with van der Waals surface area (Å²) in [5.74, 6) is 0.690. The van der Waals surface area contributed by atoms with Crippen LogP contribution in [0.2, 0.25) is 0 Å². The van der Waals surface area contributed by atoms with Crippen LogP contribution in [0.3, 0.4) is 0 Å². The third kappa shape index (κ3) is 1.78. The number of ether oxygens (including phenoxy) is 1. The Labute approximate surface area is 93.6 Å². The zero-order valence-electron chi connectivity index (χ0n) is 9.40. The van der Waals surface area contributed by atoms with Crippen molar-refractivity contribution < 1.29 is 19.1 Å². The number of carbonyl (C=O) groups is 1. The predicted octanol–water partition coefficient (Wildman–Crippen LogP) is 1.13. The maximum atomic E-state index is 11.1. The highest BCUT2D eigenvalue weighted by atomic mass is 16.5. The number of aryl methyl sites for hydroxylation is 1. The van der Waals surface area contributed by atoms with Gasteiger partial charge in [-0.05, 0) is 13.0 Å². The van der Waals surface area contributed by atoms with Gasteiger partial charge in [0.05, 0.1) is 13.2 Å². The molecule has 0 aliphatic carbocycles. The molecule has 0 unspecified atom stereocenters. The SMILES string of the molecule is Cc1ccc(N(C)CC2(C(=O)O)COC2)o1. The lowest BCUT2D eigenvalue weighted by atomic mass is 9.85. The van der Waals surface area contributed by atoms with E-state index in [1.807, 2.05) is 31.0 Å². The normalized spacial score (nSPS) is 17.9. The van der Waals surface area contributed by atoms with Gasteiger partial charge in [0.15, 0.2) is 5.88 Å². The van der Waals surface area contributed by atoms with Crippen LogP contribution in [0, 0.1) is 12.3 Å². The molecule has 2 heterocycles. The number of carboxylic acids is 1. The molecule has 1 N–H and O–H groups in total. The van der Waals surface area contributed by atoms with Gasteiger partial charge in [0.25, 0.3) is 0 Å². The van der Waals surface area contributed by atoms with Crippen molar-refractivity contribution in [1.82, 2.24) is 0 Å². The number of nitrogens with zero attached hydrogens (tertiary/aromatic N) is 1. The van der Waals surface area contributed by atoms with Crippen molar-refractivity contribution in [2.24, 2.45) is 5.41 Å². The van der Waals surface area contributed by atoms with E-state index in [0.717, 1.165) is 5.76 Å². The highest BCUT2D eigenvalue weighted by molar-refractivity contribution is 5.77. The van der Waals surface area contributed by atoms with Crippen molar-refractivity contribution in [3.8, 4) is 0 Å². The minimum atomic E-state index is -0.811. The lowest BCUT2D eigenvalue weighted by molar-refractivity contribution is -0.177. The highest BCUT2D eigenvalue weighted by Gasteiger charge is 2.47. The summed E-state index contributed by atoms with van der Waals surface area (Å²) in [4.78, 5) is 12.9.